The zero-order chi connectivity index (χ0) is 22.9. The first-order chi connectivity index (χ1) is 15.2. The number of hydrogen-bond acceptors (Lipinski definition) is 4. The van der Waals surface area contributed by atoms with Gasteiger partial charge in [0.25, 0.3) is 5.91 Å². The summed E-state index contributed by atoms with van der Waals surface area (Å²) < 4.78 is 48.1. The minimum atomic E-state index is -3.41. The summed E-state index contributed by atoms with van der Waals surface area (Å²) in [6.07, 6.45) is 3.89. The Morgan fingerprint density at radius 3 is 2.56 bits per heavy atom. The predicted molar refractivity (Wildman–Crippen MR) is 122 cm³/mol. The zero-order valence-electron chi connectivity index (χ0n) is 18.3. The molecule has 2 aliphatic carbocycles. The van der Waals surface area contributed by atoms with E-state index in [1.165, 1.54) is 6.07 Å². The first-order valence-electron chi connectivity index (χ1n) is 11.1. The average Bonchev–Trinajstić information content (AvgIpc) is 3.46. The second-order valence-corrected chi connectivity index (χ2v) is 11.1. The van der Waals surface area contributed by atoms with Crippen LogP contribution in [0.15, 0.2) is 42.5 Å². The first-order valence-corrected chi connectivity index (χ1v) is 12.7. The molecule has 0 aromatic heterocycles. The van der Waals surface area contributed by atoms with Crippen molar-refractivity contribution in [2.75, 3.05) is 0 Å². The van der Waals surface area contributed by atoms with Crippen LogP contribution in [0.25, 0.3) is 11.1 Å². The van der Waals surface area contributed by atoms with E-state index in [2.05, 4.69) is 10.0 Å². The van der Waals surface area contributed by atoms with Gasteiger partial charge >= 0.3 is 0 Å². The largest absolute Gasteiger partial charge is 0.489 e. The molecule has 0 heterocycles. The number of sulfonamides is 1. The molecule has 2 atom stereocenters. The van der Waals surface area contributed by atoms with Crippen LogP contribution < -0.4 is 14.8 Å². The van der Waals surface area contributed by atoms with Crippen molar-refractivity contribution in [2.24, 2.45) is 0 Å². The van der Waals surface area contributed by atoms with Crippen LogP contribution in [0.5, 0.6) is 5.75 Å². The van der Waals surface area contributed by atoms with Crippen molar-refractivity contribution in [3.63, 3.8) is 0 Å². The van der Waals surface area contributed by atoms with E-state index in [4.69, 9.17) is 4.74 Å². The van der Waals surface area contributed by atoms with E-state index < -0.39 is 21.1 Å². The third-order valence-corrected chi connectivity index (χ3v) is 7.84. The van der Waals surface area contributed by atoms with Gasteiger partial charge in [-0.1, -0.05) is 12.1 Å². The highest BCUT2D eigenvalue weighted by atomic mass is 32.2. The lowest BCUT2D eigenvalue weighted by Gasteiger charge is -2.23. The average molecular weight is 461 g/mol. The molecule has 0 bridgehead atoms. The number of carbonyl (C=O) groups excluding carboxylic acids is 1. The molecule has 32 heavy (non-hydrogen) atoms. The fraction of sp³-hybridized carbons (Fsp3) is 0.458. The molecule has 0 spiro atoms. The first kappa shape index (κ1) is 22.7. The number of rotatable bonds is 8. The maximum Gasteiger partial charge on any atom is 0.251 e. The van der Waals surface area contributed by atoms with Crippen LogP contribution >= 0.6 is 0 Å². The lowest BCUT2D eigenvalue weighted by molar-refractivity contribution is 0.0951. The molecule has 8 heteroatoms. The van der Waals surface area contributed by atoms with Crippen molar-refractivity contribution in [2.45, 2.75) is 69.4 Å². The van der Waals surface area contributed by atoms with Gasteiger partial charge in [-0.2, -0.15) is 0 Å². The van der Waals surface area contributed by atoms with Gasteiger partial charge in [0.2, 0.25) is 10.0 Å². The van der Waals surface area contributed by atoms with Gasteiger partial charge in [-0.25, -0.2) is 17.5 Å². The Bertz CT molecular complexity index is 1100. The normalized spacial score (nSPS) is 21.0. The summed E-state index contributed by atoms with van der Waals surface area (Å²) in [7, 11) is -3.41. The molecule has 2 aromatic rings. The molecule has 0 saturated heterocycles. The van der Waals surface area contributed by atoms with Crippen LogP contribution in [0.2, 0.25) is 0 Å². The molecule has 2 fully saturated rings. The van der Waals surface area contributed by atoms with Crippen molar-refractivity contribution in [1.82, 2.24) is 10.0 Å². The third-order valence-electron chi connectivity index (χ3n) is 5.97. The Morgan fingerprint density at radius 2 is 1.88 bits per heavy atom. The van der Waals surface area contributed by atoms with Crippen molar-refractivity contribution in [1.29, 1.82) is 0 Å². The Morgan fingerprint density at radius 1 is 1.09 bits per heavy atom. The summed E-state index contributed by atoms with van der Waals surface area (Å²) in [5, 5.41) is 2.41. The Balaban J connectivity index is 1.47. The maximum absolute atomic E-state index is 14.9. The number of halogens is 1. The molecular formula is C24H29FN2O4S. The topological polar surface area (TPSA) is 84.5 Å². The van der Waals surface area contributed by atoms with E-state index in [0.29, 0.717) is 35.3 Å². The van der Waals surface area contributed by atoms with Gasteiger partial charge in [0.05, 0.1) is 11.3 Å². The van der Waals surface area contributed by atoms with Gasteiger partial charge in [-0.15, -0.1) is 0 Å². The van der Waals surface area contributed by atoms with Crippen molar-refractivity contribution in [3.8, 4) is 16.9 Å². The highest BCUT2D eigenvalue weighted by Crippen LogP contribution is 2.30. The number of nitrogens with one attached hydrogen (secondary N) is 2. The van der Waals surface area contributed by atoms with Crippen LogP contribution in [-0.4, -0.2) is 37.8 Å². The van der Waals surface area contributed by atoms with Gasteiger partial charge < -0.3 is 10.1 Å². The number of hydrogen-bond donors (Lipinski definition) is 2. The standard InChI is InChI=1S/C24H29FN2O4S/c1-15(2)32(29,30)27-22-7-4-8-23(22)31-19-11-12-20(21(25)14-19)16-5-3-6-17(13-16)24(28)26-18-9-10-18/h3,5-6,11-15,18,22-23,27H,4,7-10H2,1-2H3,(H,26,28)/t22-,23+/m0/s1. The number of carbonyl (C=O) groups is 1. The summed E-state index contributed by atoms with van der Waals surface area (Å²) in [6, 6.07) is 11.5. The van der Waals surface area contributed by atoms with Crippen LogP contribution in [0.1, 0.15) is 56.3 Å². The molecule has 4 rings (SSSR count). The Labute approximate surface area is 188 Å². The highest BCUT2D eigenvalue weighted by molar-refractivity contribution is 7.90. The molecule has 2 N–H and O–H groups in total. The summed E-state index contributed by atoms with van der Waals surface area (Å²) in [6.45, 7) is 3.26. The number of amides is 1. The van der Waals surface area contributed by atoms with Gasteiger partial charge in [0, 0.05) is 23.2 Å². The van der Waals surface area contributed by atoms with E-state index in [0.717, 1.165) is 19.3 Å². The van der Waals surface area contributed by atoms with E-state index in [-0.39, 0.29) is 24.1 Å². The molecule has 0 radical (unpaired) electrons. The predicted octanol–water partition coefficient (Wildman–Crippen LogP) is 4.01. The SMILES string of the molecule is CC(C)S(=O)(=O)N[C@H]1CCC[C@H]1Oc1ccc(-c2cccc(C(=O)NC3CC3)c2)c(F)c1. The summed E-state index contributed by atoms with van der Waals surface area (Å²) in [4.78, 5) is 12.3. The fourth-order valence-corrected chi connectivity index (χ4v) is 4.82. The fourth-order valence-electron chi connectivity index (χ4n) is 3.85. The minimum Gasteiger partial charge on any atom is -0.489 e. The Kier molecular flexibility index (Phi) is 6.53. The number of benzene rings is 2. The van der Waals surface area contributed by atoms with Gasteiger partial charge in [0.15, 0.2) is 0 Å². The van der Waals surface area contributed by atoms with Gasteiger partial charge in [-0.3, -0.25) is 4.79 Å². The summed E-state index contributed by atoms with van der Waals surface area (Å²) >= 11 is 0. The van der Waals surface area contributed by atoms with Gasteiger partial charge in [-0.05, 0) is 75.8 Å². The van der Waals surface area contributed by atoms with Gasteiger partial charge in [0.1, 0.15) is 17.7 Å². The summed E-state index contributed by atoms with van der Waals surface area (Å²) in [5.74, 6) is -0.250. The van der Waals surface area contributed by atoms with Crippen molar-refractivity contribution in [3.05, 3.63) is 53.8 Å². The van der Waals surface area contributed by atoms with E-state index in [1.807, 2.05) is 0 Å². The molecule has 0 unspecified atom stereocenters. The molecule has 2 saturated carbocycles. The van der Waals surface area contributed by atoms with E-state index in [1.54, 1.807) is 50.2 Å². The quantitative estimate of drug-likeness (QED) is 0.623. The minimum absolute atomic E-state index is 0.147. The Hall–Kier alpha value is -2.45. The molecule has 0 aliphatic heterocycles. The smallest absolute Gasteiger partial charge is 0.251 e. The van der Waals surface area contributed by atoms with Crippen molar-refractivity contribution < 1.29 is 22.3 Å². The number of ether oxygens (including phenoxy) is 1. The lowest BCUT2D eigenvalue weighted by atomic mass is 10.0. The van der Waals surface area contributed by atoms with E-state index in [9.17, 15) is 17.6 Å². The molecule has 6 nitrogen and oxygen atoms in total. The lowest BCUT2D eigenvalue weighted by Crippen LogP contribution is -2.44. The molecule has 1 amide bonds. The zero-order valence-corrected chi connectivity index (χ0v) is 19.1. The second kappa shape index (κ2) is 9.19. The molecular weight excluding hydrogens is 431 g/mol. The van der Waals surface area contributed by atoms with Crippen LogP contribution in [0.3, 0.4) is 0 Å². The monoisotopic (exact) mass is 460 g/mol. The molecule has 2 aliphatic rings. The van der Waals surface area contributed by atoms with Crippen LogP contribution in [0, 0.1) is 5.82 Å². The van der Waals surface area contributed by atoms with Crippen LogP contribution in [-0.2, 0) is 10.0 Å². The van der Waals surface area contributed by atoms with E-state index >= 15 is 0 Å². The molecule has 2 aromatic carbocycles. The third kappa shape index (κ3) is 5.30. The molecule has 172 valence electrons. The summed E-state index contributed by atoms with van der Waals surface area (Å²) in [5.41, 5.74) is 1.49. The maximum atomic E-state index is 14.9. The van der Waals surface area contributed by atoms with Crippen LogP contribution in [0.4, 0.5) is 4.39 Å². The second-order valence-electron chi connectivity index (χ2n) is 8.88. The van der Waals surface area contributed by atoms with Crippen molar-refractivity contribution >= 4 is 15.9 Å². The highest BCUT2D eigenvalue weighted by Gasteiger charge is 2.33.